The zero-order valence-corrected chi connectivity index (χ0v) is 17.8. The summed E-state index contributed by atoms with van der Waals surface area (Å²) in [6.45, 7) is 5.94. The lowest BCUT2D eigenvalue weighted by atomic mass is 9.48. The summed E-state index contributed by atoms with van der Waals surface area (Å²) in [5, 5.41) is 14.5. The van der Waals surface area contributed by atoms with Crippen molar-refractivity contribution in [2.75, 3.05) is 18.0 Å². The van der Waals surface area contributed by atoms with Crippen LogP contribution in [0.4, 0.5) is 5.69 Å². The Morgan fingerprint density at radius 1 is 1.13 bits per heavy atom. The molecule has 158 valence electrons. The molecule has 2 N–H and O–H groups in total. The number of nitrogens with one attached hydrogen (secondary N) is 1. The fourth-order valence-electron chi connectivity index (χ4n) is 5.47. The van der Waals surface area contributed by atoms with Crippen molar-refractivity contribution in [2.24, 2.45) is 22.9 Å². The van der Waals surface area contributed by atoms with Crippen LogP contribution in [-0.2, 0) is 4.79 Å². The number of aromatic hydroxyl groups is 1. The molecule has 0 heterocycles. The summed E-state index contributed by atoms with van der Waals surface area (Å²) < 4.78 is 0. The van der Waals surface area contributed by atoms with Gasteiger partial charge in [0.05, 0.1) is 6.21 Å². The molecule has 2 fully saturated rings. The van der Waals surface area contributed by atoms with Crippen LogP contribution in [0.1, 0.15) is 50.2 Å². The first-order valence-corrected chi connectivity index (χ1v) is 11.1. The molecule has 0 radical (unpaired) electrons. The van der Waals surface area contributed by atoms with Gasteiger partial charge in [-0.15, -0.1) is 0 Å². The zero-order valence-electron chi connectivity index (χ0n) is 17.8. The lowest BCUT2D eigenvalue weighted by molar-refractivity contribution is -0.140. The van der Waals surface area contributed by atoms with Gasteiger partial charge in [-0.1, -0.05) is 36.8 Å². The maximum absolute atomic E-state index is 12.8. The second kappa shape index (κ2) is 8.90. The average Bonchev–Trinajstić information content (AvgIpc) is 2.77. The molecule has 5 heteroatoms. The van der Waals surface area contributed by atoms with E-state index in [4.69, 9.17) is 0 Å². The summed E-state index contributed by atoms with van der Waals surface area (Å²) >= 11 is 0. The van der Waals surface area contributed by atoms with Crippen LogP contribution < -0.4 is 10.3 Å². The van der Waals surface area contributed by atoms with Crippen LogP contribution >= 0.6 is 0 Å². The van der Waals surface area contributed by atoms with E-state index in [9.17, 15) is 9.90 Å². The molecular formula is C25H31N3O2. The van der Waals surface area contributed by atoms with E-state index < -0.39 is 0 Å². The third-order valence-corrected chi connectivity index (χ3v) is 6.93. The van der Waals surface area contributed by atoms with Crippen LogP contribution in [0, 0.1) is 17.8 Å². The highest BCUT2D eigenvalue weighted by Gasteiger charge is 2.55. The van der Waals surface area contributed by atoms with Crippen LogP contribution in [0.15, 0.2) is 53.6 Å². The number of rotatable bonds is 7. The molecule has 0 spiro atoms. The second-order valence-electron chi connectivity index (χ2n) is 8.37. The van der Waals surface area contributed by atoms with Crippen molar-refractivity contribution in [3.8, 4) is 5.75 Å². The first-order valence-electron chi connectivity index (χ1n) is 11.1. The SMILES string of the molecule is CCN(CC)c1ccc(/C=N/NC(=O)C2C3CCCC2C3c2ccccc2)c(O)c1. The molecule has 1 amide bonds. The van der Waals surface area contributed by atoms with Crippen molar-refractivity contribution < 1.29 is 9.90 Å². The fourth-order valence-corrected chi connectivity index (χ4v) is 5.47. The molecule has 5 nitrogen and oxygen atoms in total. The number of phenols is 1. The number of carbonyl (C=O) groups is 1. The summed E-state index contributed by atoms with van der Waals surface area (Å²) in [7, 11) is 0. The van der Waals surface area contributed by atoms with Crippen molar-refractivity contribution in [3.05, 3.63) is 59.7 Å². The number of hydrogen-bond acceptors (Lipinski definition) is 4. The standard InChI is InChI=1S/C25H31N3O2/c1-3-28(4-2)19-14-13-18(22(29)15-19)16-26-27-25(30)24-20-11-8-12-21(24)23(20)17-9-6-5-7-10-17/h5-7,9-10,13-16,20-21,23-24,29H,3-4,8,11-12H2,1-2H3,(H,27,30)/b26-16+. The van der Waals surface area contributed by atoms with Gasteiger partial charge < -0.3 is 10.0 Å². The molecule has 0 saturated heterocycles. The summed E-state index contributed by atoms with van der Waals surface area (Å²) in [4.78, 5) is 15.0. The molecule has 2 unspecified atom stereocenters. The van der Waals surface area contributed by atoms with Gasteiger partial charge in [-0.05, 0) is 62.1 Å². The number of carbonyl (C=O) groups excluding carboxylic acids is 1. The summed E-state index contributed by atoms with van der Waals surface area (Å²) in [5.41, 5.74) is 5.67. The Hall–Kier alpha value is -2.82. The average molecular weight is 406 g/mol. The predicted octanol–water partition coefficient (Wildman–Crippen LogP) is 4.52. The van der Waals surface area contributed by atoms with Gasteiger partial charge in [-0.3, -0.25) is 4.79 Å². The summed E-state index contributed by atoms with van der Waals surface area (Å²) in [5.74, 6) is 1.52. The van der Waals surface area contributed by atoms with Gasteiger partial charge in [-0.25, -0.2) is 5.43 Å². The first-order chi connectivity index (χ1) is 14.6. The molecule has 2 bridgehead atoms. The van der Waals surface area contributed by atoms with Crippen LogP contribution in [0.2, 0.25) is 0 Å². The monoisotopic (exact) mass is 405 g/mol. The van der Waals surface area contributed by atoms with E-state index in [2.05, 4.69) is 53.5 Å². The smallest absolute Gasteiger partial charge is 0.243 e. The van der Waals surface area contributed by atoms with E-state index >= 15 is 0 Å². The number of fused-ring (bicyclic) bond motifs is 2. The third-order valence-electron chi connectivity index (χ3n) is 6.93. The maximum Gasteiger partial charge on any atom is 0.243 e. The highest BCUT2D eigenvalue weighted by molar-refractivity contribution is 5.87. The van der Waals surface area contributed by atoms with Crippen molar-refractivity contribution in [1.29, 1.82) is 0 Å². The van der Waals surface area contributed by atoms with E-state index in [0.717, 1.165) is 31.6 Å². The lowest BCUT2D eigenvalue weighted by Gasteiger charge is -2.55. The van der Waals surface area contributed by atoms with Crippen LogP contribution in [0.3, 0.4) is 0 Å². The molecule has 2 aromatic carbocycles. The van der Waals surface area contributed by atoms with Crippen LogP contribution in [0.25, 0.3) is 0 Å². The van der Waals surface area contributed by atoms with E-state index in [1.807, 2.05) is 18.2 Å². The molecule has 2 saturated carbocycles. The minimum atomic E-state index is 0.00684. The molecule has 30 heavy (non-hydrogen) atoms. The molecule has 2 aromatic rings. The molecule has 2 aliphatic carbocycles. The normalized spacial score (nSPS) is 25.0. The number of amides is 1. The second-order valence-corrected chi connectivity index (χ2v) is 8.37. The van der Waals surface area contributed by atoms with Gasteiger partial charge in [0.15, 0.2) is 0 Å². The van der Waals surface area contributed by atoms with Gasteiger partial charge in [0, 0.05) is 36.3 Å². The molecule has 2 aliphatic rings. The summed E-state index contributed by atoms with van der Waals surface area (Å²) in [6.07, 6.45) is 4.94. The first kappa shape index (κ1) is 20.5. The lowest BCUT2D eigenvalue weighted by Crippen LogP contribution is -2.54. The zero-order chi connectivity index (χ0) is 21.1. The number of anilines is 1. The molecule has 0 aromatic heterocycles. The van der Waals surface area contributed by atoms with E-state index in [-0.39, 0.29) is 17.6 Å². The Labute approximate surface area is 178 Å². The Balaban J connectivity index is 1.39. The Kier molecular flexibility index (Phi) is 6.07. The highest BCUT2D eigenvalue weighted by atomic mass is 16.3. The van der Waals surface area contributed by atoms with Crippen molar-refractivity contribution in [2.45, 2.75) is 39.0 Å². The topological polar surface area (TPSA) is 64.9 Å². The third kappa shape index (κ3) is 3.81. The summed E-state index contributed by atoms with van der Waals surface area (Å²) in [6, 6.07) is 16.1. The van der Waals surface area contributed by atoms with Gasteiger partial charge in [-0.2, -0.15) is 5.10 Å². The van der Waals surface area contributed by atoms with Gasteiger partial charge in [0.25, 0.3) is 0 Å². The molecule has 0 aliphatic heterocycles. The molecule has 4 rings (SSSR count). The van der Waals surface area contributed by atoms with Gasteiger partial charge in [0.1, 0.15) is 5.75 Å². The van der Waals surface area contributed by atoms with E-state index in [1.54, 1.807) is 6.07 Å². The molecular weight excluding hydrogens is 374 g/mol. The van der Waals surface area contributed by atoms with E-state index in [0.29, 0.717) is 23.3 Å². The fraction of sp³-hybridized carbons (Fsp3) is 0.440. The number of phenolic OH excluding ortho intramolecular Hbond substituents is 1. The van der Waals surface area contributed by atoms with Gasteiger partial charge in [0.2, 0.25) is 5.91 Å². The minimum absolute atomic E-state index is 0.00684. The number of nitrogens with zero attached hydrogens (tertiary/aromatic N) is 2. The maximum atomic E-state index is 12.8. The predicted molar refractivity (Wildman–Crippen MR) is 121 cm³/mol. The Bertz CT molecular complexity index is 896. The number of hydrogen-bond donors (Lipinski definition) is 2. The largest absolute Gasteiger partial charge is 0.507 e. The quantitative estimate of drug-likeness (QED) is 0.526. The van der Waals surface area contributed by atoms with Gasteiger partial charge >= 0.3 is 0 Å². The van der Waals surface area contributed by atoms with Crippen LogP contribution in [0.5, 0.6) is 5.75 Å². The van der Waals surface area contributed by atoms with Crippen molar-refractivity contribution in [3.63, 3.8) is 0 Å². The Morgan fingerprint density at radius 2 is 1.83 bits per heavy atom. The Morgan fingerprint density at radius 3 is 2.47 bits per heavy atom. The van der Waals surface area contributed by atoms with Crippen molar-refractivity contribution >= 4 is 17.8 Å². The minimum Gasteiger partial charge on any atom is -0.507 e. The number of benzene rings is 2. The molecule has 2 atom stereocenters. The number of hydrazone groups is 1. The van der Waals surface area contributed by atoms with Crippen LogP contribution in [-0.4, -0.2) is 30.3 Å². The van der Waals surface area contributed by atoms with Crippen molar-refractivity contribution in [1.82, 2.24) is 5.43 Å². The van der Waals surface area contributed by atoms with E-state index in [1.165, 1.54) is 18.2 Å². The highest BCUT2D eigenvalue weighted by Crippen LogP contribution is 2.59.